The largest absolute Gasteiger partial charge is 0.330 e. The van der Waals surface area contributed by atoms with Gasteiger partial charge in [-0.3, -0.25) is 0 Å². The van der Waals surface area contributed by atoms with Crippen LogP contribution in [-0.2, 0) is 0 Å². The quantitative estimate of drug-likeness (QED) is 0.361. The number of hydrogen-bond acceptors (Lipinski definition) is 2. The number of rotatable bonds is 3. The fourth-order valence-electron chi connectivity index (χ4n) is 0.315. The van der Waals surface area contributed by atoms with Crippen LogP contribution in [0, 0.1) is 0 Å². The normalized spacial score (nSPS) is 12.0. The van der Waals surface area contributed by atoms with Gasteiger partial charge in [-0.2, -0.15) is 0 Å². The maximum Gasteiger partial charge on any atom is 0.0880 e. The average molecular weight is 152 g/mol. The number of nitrogens with zero attached hydrogens (tertiary/aromatic N) is 1. The minimum atomic E-state index is 1.04. The lowest BCUT2D eigenvalue weighted by Crippen LogP contribution is -2.36. The minimum absolute atomic E-state index is 1.04. The van der Waals surface area contributed by atoms with Crippen molar-refractivity contribution in [1.29, 1.82) is 0 Å². The van der Waals surface area contributed by atoms with Crippen LogP contribution in [0.25, 0.3) is 0 Å². The SMILES string of the molecule is C[N+](C)(C)CCSS. The van der Waals surface area contributed by atoms with Gasteiger partial charge in [0, 0.05) is 0 Å². The first-order valence-corrected chi connectivity index (χ1v) is 4.67. The molecule has 0 spiro atoms. The van der Waals surface area contributed by atoms with Crippen LogP contribution in [0.1, 0.15) is 0 Å². The Hall–Kier alpha value is 0.660. The van der Waals surface area contributed by atoms with Crippen molar-refractivity contribution in [3.8, 4) is 0 Å². The molecule has 0 fully saturated rings. The van der Waals surface area contributed by atoms with Crippen molar-refractivity contribution in [2.24, 2.45) is 0 Å². The van der Waals surface area contributed by atoms with Crippen LogP contribution < -0.4 is 0 Å². The molecule has 8 heavy (non-hydrogen) atoms. The lowest BCUT2D eigenvalue weighted by atomic mass is 10.6. The van der Waals surface area contributed by atoms with Gasteiger partial charge in [-0.15, -0.1) is 11.7 Å². The van der Waals surface area contributed by atoms with E-state index in [1.807, 2.05) is 0 Å². The van der Waals surface area contributed by atoms with E-state index >= 15 is 0 Å². The third kappa shape index (κ3) is 6.66. The first kappa shape index (κ1) is 8.66. The van der Waals surface area contributed by atoms with Crippen molar-refractivity contribution in [2.75, 3.05) is 33.4 Å². The Morgan fingerprint density at radius 1 is 1.38 bits per heavy atom. The molecule has 0 radical (unpaired) electrons. The molecule has 0 unspecified atom stereocenters. The molecular formula is C5H14NS2+. The average Bonchev–Trinajstić information content (AvgIpc) is 1.59. The molecule has 0 bridgehead atoms. The van der Waals surface area contributed by atoms with E-state index in [1.165, 1.54) is 6.54 Å². The molecule has 50 valence electrons. The van der Waals surface area contributed by atoms with Gasteiger partial charge in [0.2, 0.25) is 0 Å². The standard InChI is InChI=1S/C5H13NS2/c1-6(2,3)4-5-8-7/h4-5H2,1-3H3/p+1. The summed E-state index contributed by atoms with van der Waals surface area (Å²) in [6.07, 6.45) is 0. The van der Waals surface area contributed by atoms with Crippen LogP contribution in [0.15, 0.2) is 0 Å². The summed E-state index contributed by atoms with van der Waals surface area (Å²) in [6.45, 7) is 1.19. The lowest BCUT2D eigenvalue weighted by Gasteiger charge is -2.22. The van der Waals surface area contributed by atoms with Crippen molar-refractivity contribution in [2.45, 2.75) is 0 Å². The summed E-state index contributed by atoms with van der Waals surface area (Å²) in [5.74, 6) is 1.13. The Labute approximate surface area is 60.8 Å². The molecule has 0 N–H and O–H groups in total. The van der Waals surface area contributed by atoms with Gasteiger partial charge in [0.1, 0.15) is 0 Å². The van der Waals surface area contributed by atoms with Crippen LogP contribution in [0.3, 0.4) is 0 Å². The van der Waals surface area contributed by atoms with Crippen molar-refractivity contribution < 1.29 is 4.48 Å². The molecule has 0 aromatic rings. The highest BCUT2D eigenvalue weighted by Crippen LogP contribution is 2.05. The maximum atomic E-state index is 4.04. The summed E-state index contributed by atoms with van der Waals surface area (Å²) >= 11 is 4.04. The highest BCUT2D eigenvalue weighted by Gasteiger charge is 2.03. The lowest BCUT2D eigenvalue weighted by molar-refractivity contribution is -0.867. The molecular weight excluding hydrogens is 138 g/mol. The zero-order valence-electron chi connectivity index (χ0n) is 5.72. The van der Waals surface area contributed by atoms with E-state index in [-0.39, 0.29) is 0 Å². The first-order valence-electron chi connectivity index (χ1n) is 2.63. The van der Waals surface area contributed by atoms with Gasteiger partial charge in [-0.1, -0.05) is 10.8 Å². The highest BCUT2D eigenvalue weighted by atomic mass is 33.1. The van der Waals surface area contributed by atoms with E-state index in [4.69, 9.17) is 0 Å². The van der Waals surface area contributed by atoms with Crippen LogP contribution in [-0.4, -0.2) is 37.9 Å². The van der Waals surface area contributed by atoms with Crippen molar-refractivity contribution in [1.82, 2.24) is 0 Å². The fraction of sp³-hybridized carbons (Fsp3) is 1.00. The summed E-state index contributed by atoms with van der Waals surface area (Å²) < 4.78 is 1.04. The van der Waals surface area contributed by atoms with Crippen LogP contribution in [0.4, 0.5) is 0 Å². The Balaban J connectivity index is 3.11. The monoisotopic (exact) mass is 152 g/mol. The van der Waals surface area contributed by atoms with E-state index < -0.39 is 0 Å². The summed E-state index contributed by atoms with van der Waals surface area (Å²) in [6, 6.07) is 0. The number of quaternary nitrogens is 1. The van der Waals surface area contributed by atoms with E-state index in [0.29, 0.717) is 0 Å². The molecule has 0 aliphatic carbocycles. The molecule has 0 heterocycles. The Kier molecular flexibility index (Phi) is 3.94. The van der Waals surface area contributed by atoms with E-state index in [2.05, 4.69) is 32.8 Å². The highest BCUT2D eigenvalue weighted by molar-refractivity contribution is 8.68. The van der Waals surface area contributed by atoms with Gasteiger partial charge in [0.05, 0.1) is 33.4 Å². The minimum Gasteiger partial charge on any atom is -0.330 e. The van der Waals surface area contributed by atoms with Crippen molar-refractivity contribution in [3.05, 3.63) is 0 Å². The van der Waals surface area contributed by atoms with Crippen LogP contribution in [0.2, 0.25) is 0 Å². The van der Waals surface area contributed by atoms with E-state index in [1.54, 1.807) is 10.8 Å². The first-order chi connectivity index (χ1) is 3.56. The smallest absolute Gasteiger partial charge is 0.0880 e. The molecule has 0 rings (SSSR count). The fourth-order valence-corrected chi connectivity index (χ4v) is 1.19. The third-order valence-electron chi connectivity index (χ3n) is 0.853. The molecule has 0 aromatic carbocycles. The Bertz CT molecular complexity index is 57.9. The van der Waals surface area contributed by atoms with Gasteiger partial charge in [-0.05, 0) is 0 Å². The van der Waals surface area contributed by atoms with Crippen molar-refractivity contribution >= 4 is 22.5 Å². The molecule has 0 aromatic heterocycles. The molecule has 0 saturated heterocycles. The second-order valence-electron chi connectivity index (χ2n) is 2.85. The summed E-state index contributed by atoms with van der Waals surface area (Å²) in [5.41, 5.74) is 0. The molecule has 0 atom stereocenters. The third-order valence-corrected chi connectivity index (χ3v) is 1.77. The van der Waals surface area contributed by atoms with E-state index in [9.17, 15) is 0 Å². The predicted octanol–water partition coefficient (Wildman–Crippen LogP) is 1.27. The second-order valence-corrected chi connectivity index (χ2v) is 4.29. The topological polar surface area (TPSA) is 0 Å². The zero-order chi connectivity index (χ0) is 6.62. The van der Waals surface area contributed by atoms with Gasteiger partial charge in [-0.25, -0.2) is 0 Å². The molecule has 3 heteroatoms. The molecule has 0 saturated carbocycles. The van der Waals surface area contributed by atoms with E-state index in [0.717, 1.165) is 10.2 Å². The van der Waals surface area contributed by atoms with Crippen LogP contribution in [0.5, 0.6) is 0 Å². The summed E-state index contributed by atoms with van der Waals surface area (Å²) in [4.78, 5) is 0. The van der Waals surface area contributed by atoms with Crippen molar-refractivity contribution in [3.63, 3.8) is 0 Å². The Morgan fingerprint density at radius 3 is 2.00 bits per heavy atom. The van der Waals surface area contributed by atoms with Gasteiger partial charge in [0.15, 0.2) is 0 Å². The summed E-state index contributed by atoms with van der Waals surface area (Å²) in [7, 11) is 8.16. The van der Waals surface area contributed by atoms with Gasteiger partial charge in [0.25, 0.3) is 0 Å². The zero-order valence-corrected chi connectivity index (χ0v) is 7.43. The number of thiol groups is 1. The van der Waals surface area contributed by atoms with Crippen LogP contribution >= 0.6 is 22.5 Å². The number of hydrogen-bond donors (Lipinski definition) is 1. The van der Waals surface area contributed by atoms with Gasteiger partial charge >= 0.3 is 0 Å². The maximum absolute atomic E-state index is 4.04. The predicted molar refractivity (Wildman–Crippen MR) is 44.3 cm³/mol. The van der Waals surface area contributed by atoms with Gasteiger partial charge < -0.3 is 4.48 Å². The molecule has 0 aliphatic heterocycles. The summed E-state index contributed by atoms with van der Waals surface area (Å²) in [5, 5.41) is 0. The Morgan fingerprint density at radius 2 is 1.88 bits per heavy atom. The molecule has 0 amide bonds. The molecule has 1 nitrogen and oxygen atoms in total. The second kappa shape index (κ2) is 3.64. The molecule has 0 aliphatic rings.